The SMILES string of the molecule is OCCCNc1nc(NCc2ccc(F)c(F)c2)cc(C(F)(F)F)n1. The van der Waals surface area contributed by atoms with Gasteiger partial charge in [0.25, 0.3) is 0 Å². The molecule has 0 saturated heterocycles. The number of alkyl halides is 3. The van der Waals surface area contributed by atoms with Gasteiger partial charge in [0.1, 0.15) is 5.82 Å². The maximum Gasteiger partial charge on any atom is 0.433 e. The van der Waals surface area contributed by atoms with Crippen LogP contribution in [0.5, 0.6) is 0 Å². The summed E-state index contributed by atoms with van der Waals surface area (Å²) in [4.78, 5) is 7.27. The van der Waals surface area contributed by atoms with Crippen LogP contribution in [0.15, 0.2) is 24.3 Å². The van der Waals surface area contributed by atoms with Gasteiger partial charge in [-0.1, -0.05) is 6.07 Å². The lowest BCUT2D eigenvalue weighted by atomic mass is 10.2. The number of aliphatic hydroxyl groups is 1. The van der Waals surface area contributed by atoms with E-state index in [1.165, 1.54) is 6.07 Å². The molecule has 5 nitrogen and oxygen atoms in total. The zero-order chi connectivity index (χ0) is 18.4. The molecule has 0 bridgehead atoms. The number of nitrogens with one attached hydrogen (secondary N) is 2. The van der Waals surface area contributed by atoms with Gasteiger partial charge in [0.2, 0.25) is 5.95 Å². The Morgan fingerprint density at radius 3 is 2.40 bits per heavy atom. The van der Waals surface area contributed by atoms with Gasteiger partial charge in [0.15, 0.2) is 17.3 Å². The first-order valence-corrected chi connectivity index (χ1v) is 7.28. The third-order valence-electron chi connectivity index (χ3n) is 3.09. The molecule has 1 aromatic carbocycles. The van der Waals surface area contributed by atoms with E-state index in [-0.39, 0.29) is 31.5 Å². The molecular formula is C15H15F5N4O. The quantitative estimate of drug-likeness (QED) is 0.521. The summed E-state index contributed by atoms with van der Waals surface area (Å²) in [5.41, 5.74) is -0.817. The van der Waals surface area contributed by atoms with Crippen molar-refractivity contribution in [3.63, 3.8) is 0 Å². The number of hydrogen-bond acceptors (Lipinski definition) is 5. The highest BCUT2D eigenvalue weighted by atomic mass is 19.4. The highest BCUT2D eigenvalue weighted by molar-refractivity contribution is 5.43. The summed E-state index contributed by atoms with van der Waals surface area (Å²) >= 11 is 0. The van der Waals surface area contributed by atoms with E-state index in [4.69, 9.17) is 5.11 Å². The smallest absolute Gasteiger partial charge is 0.396 e. The minimum Gasteiger partial charge on any atom is -0.396 e. The van der Waals surface area contributed by atoms with Gasteiger partial charge in [-0.3, -0.25) is 0 Å². The Kier molecular flexibility index (Phi) is 6.07. The number of aromatic nitrogens is 2. The average molecular weight is 362 g/mol. The van der Waals surface area contributed by atoms with Crippen molar-refractivity contribution in [2.24, 2.45) is 0 Å². The highest BCUT2D eigenvalue weighted by Crippen LogP contribution is 2.29. The summed E-state index contributed by atoms with van der Waals surface area (Å²) in [7, 11) is 0. The summed E-state index contributed by atoms with van der Waals surface area (Å²) in [5.74, 6) is -2.44. The molecule has 1 heterocycles. The van der Waals surface area contributed by atoms with Crippen molar-refractivity contribution >= 4 is 11.8 Å². The standard InChI is InChI=1S/C15H15F5N4O/c16-10-3-2-9(6-11(10)17)8-22-13-7-12(15(18,19)20)23-14(24-13)21-4-1-5-25/h2-3,6-7,25H,1,4-5,8H2,(H2,21,22,23,24). The van der Waals surface area contributed by atoms with Crippen LogP contribution in [-0.2, 0) is 12.7 Å². The van der Waals surface area contributed by atoms with E-state index in [1.807, 2.05) is 0 Å². The van der Waals surface area contributed by atoms with Gasteiger partial charge in [0.05, 0.1) is 0 Å². The predicted molar refractivity (Wildman–Crippen MR) is 80.9 cm³/mol. The molecule has 0 radical (unpaired) electrons. The van der Waals surface area contributed by atoms with Crippen molar-refractivity contribution in [1.29, 1.82) is 0 Å². The van der Waals surface area contributed by atoms with E-state index in [2.05, 4.69) is 20.6 Å². The van der Waals surface area contributed by atoms with Crippen molar-refractivity contribution in [2.75, 3.05) is 23.8 Å². The Bertz CT molecular complexity index is 724. The molecule has 10 heteroatoms. The van der Waals surface area contributed by atoms with Crippen LogP contribution in [0.3, 0.4) is 0 Å². The molecule has 0 aliphatic rings. The molecule has 0 amide bonds. The Balaban J connectivity index is 2.16. The van der Waals surface area contributed by atoms with Gasteiger partial charge < -0.3 is 15.7 Å². The molecule has 3 N–H and O–H groups in total. The molecule has 0 aliphatic carbocycles. The molecule has 0 saturated carbocycles. The molecule has 1 aromatic heterocycles. The largest absolute Gasteiger partial charge is 0.433 e. The monoisotopic (exact) mass is 362 g/mol. The van der Waals surface area contributed by atoms with Gasteiger partial charge in [-0.15, -0.1) is 0 Å². The highest BCUT2D eigenvalue weighted by Gasteiger charge is 2.33. The summed E-state index contributed by atoms with van der Waals surface area (Å²) < 4.78 is 64.8. The molecular weight excluding hydrogens is 347 g/mol. The molecule has 0 aliphatic heterocycles. The maximum atomic E-state index is 13.2. The molecule has 0 spiro atoms. The Morgan fingerprint density at radius 1 is 1.00 bits per heavy atom. The average Bonchev–Trinajstić information content (AvgIpc) is 2.55. The van der Waals surface area contributed by atoms with E-state index in [9.17, 15) is 22.0 Å². The van der Waals surface area contributed by atoms with Gasteiger partial charge in [-0.25, -0.2) is 13.8 Å². The van der Waals surface area contributed by atoms with Gasteiger partial charge in [-0.05, 0) is 24.1 Å². The third kappa shape index (κ3) is 5.52. The van der Waals surface area contributed by atoms with Crippen LogP contribution in [0.25, 0.3) is 0 Å². The minimum atomic E-state index is -4.67. The lowest BCUT2D eigenvalue weighted by Gasteiger charge is -2.13. The number of hydrogen-bond donors (Lipinski definition) is 3. The molecule has 0 atom stereocenters. The lowest BCUT2D eigenvalue weighted by Crippen LogP contribution is -2.15. The van der Waals surface area contributed by atoms with Crippen molar-refractivity contribution in [3.05, 3.63) is 47.2 Å². The first-order valence-electron chi connectivity index (χ1n) is 7.28. The first kappa shape index (κ1) is 18.8. The summed E-state index contributed by atoms with van der Waals surface area (Å²) in [6, 6.07) is 3.89. The number of nitrogens with zero attached hydrogens (tertiary/aromatic N) is 2. The van der Waals surface area contributed by atoms with Crippen molar-refractivity contribution in [2.45, 2.75) is 19.1 Å². The number of halogens is 5. The third-order valence-corrected chi connectivity index (χ3v) is 3.09. The summed E-state index contributed by atoms with van der Waals surface area (Å²) in [5, 5.41) is 13.9. The fourth-order valence-electron chi connectivity index (χ4n) is 1.88. The van der Waals surface area contributed by atoms with Crippen molar-refractivity contribution in [3.8, 4) is 0 Å². The Morgan fingerprint density at radius 2 is 1.76 bits per heavy atom. The second kappa shape index (κ2) is 8.06. The fraction of sp³-hybridized carbons (Fsp3) is 0.333. The molecule has 2 aromatic rings. The fourth-order valence-corrected chi connectivity index (χ4v) is 1.88. The minimum absolute atomic E-state index is 0.0540. The molecule has 2 rings (SSSR count). The van der Waals surface area contributed by atoms with Crippen molar-refractivity contribution in [1.82, 2.24) is 9.97 Å². The zero-order valence-electron chi connectivity index (χ0n) is 12.9. The first-order chi connectivity index (χ1) is 11.8. The topological polar surface area (TPSA) is 70.1 Å². The Hall–Kier alpha value is -2.49. The van der Waals surface area contributed by atoms with Gasteiger partial charge >= 0.3 is 6.18 Å². The number of anilines is 2. The van der Waals surface area contributed by atoms with Crippen LogP contribution in [0.1, 0.15) is 17.7 Å². The van der Waals surface area contributed by atoms with E-state index < -0.39 is 23.5 Å². The molecule has 25 heavy (non-hydrogen) atoms. The molecule has 0 fully saturated rings. The van der Waals surface area contributed by atoms with Crippen LogP contribution >= 0.6 is 0 Å². The predicted octanol–water partition coefficient (Wildman–Crippen LogP) is 3.18. The van der Waals surface area contributed by atoms with Gasteiger partial charge in [-0.2, -0.15) is 18.2 Å². The normalized spacial score (nSPS) is 11.4. The number of benzene rings is 1. The number of rotatable bonds is 7. The lowest BCUT2D eigenvalue weighted by molar-refractivity contribution is -0.141. The van der Waals surface area contributed by atoms with E-state index in [0.717, 1.165) is 18.2 Å². The van der Waals surface area contributed by atoms with Crippen LogP contribution in [0, 0.1) is 11.6 Å². The van der Waals surface area contributed by atoms with Crippen LogP contribution in [0.4, 0.5) is 33.7 Å². The number of aliphatic hydroxyl groups excluding tert-OH is 1. The van der Waals surface area contributed by atoms with Crippen molar-refractivity contribution < 1.29 is 27.1 Å². The summed E-state index contributed by atoms with van der Waals surface area (Å²) in [6.45, 7) is 0.00914. The van der Waals surface area contributed by atoms with E-state index >= 15 is 0 Å². The second-order valence-corrected chi connectivity index (χ2v) is 5.07. The van der Waals surface area contributed by atoms with E-state index in [1.54, 1.807) is 0 Å². The summed E-state index contributed by atoms with van der Waals surface area (Å²) in [6.07, 6.45) is -4.36. The second-order valence-electron chi connectivity index (χ2n) is 5.07. The molecule has 136 valence electrons. The van der Waals surface area contributed by atoms with Crippen LogP contribution < -0.4 is 10.6 Å². The van der Waals surface area contributed by atoms with E-state index in [0.29, 0.717) is 12.0 Å². The Labute approximate surface area is 139 Å². The van der Waals surface area contributed by atoms with Crippen LogP contribution in [0.2, 0.25) is 0 Å². The maximum absolute atomic E-state index is 13.2. The zero-order valence-corrected chi connectivity index (χ0v) is 12.9. The van der Waals surface area contributed by atoms with Crippen LogP contribution in [-0.4, -0.2) is 28.2 Å². The molecule has 0 unspecified atom stereocenters. The van der Waals surface area contributed by atoms with Gasteiger partial charge in [0, 0.05) is 25.8 Å².